The first-order valence-corrected chi connectivity index (χ1v) is 9.81. The second-order valence-corrected chi connectivity index (χ2v) is 7.59. The fraction of sp³-hybridized carbons (Fsp3) is 0.217. The summed E-state index contributed by atoms with van der Waals surface area (Å²) in [4.78, 5) is 37.8. The van der Waals surface area contributed by atoms with Crippen molar-refractivity contribution >= 4 is 17.6 Å². The van der Waals surface area contributed by atoms with Gasteiger partial charge in [0.05, 0.1) is 24.1 Å². The normalized spacial score (nSPS) is 12.3. The van der Waals surface area contributed by atoms with Gasteiger partial charge < -0.3 is 19.5 Å². The van der Waals surface area contributed by atoms with Crippen LogP contribution >= 0.6 is 0 Å². The Kier molecular flexibility index (Phi) is 5.40. The molecule has 0 atom stereocenters. The highest BCUT2D eigenvalue weighted by atomic mass is 16.7. The van der Waals surface area contributed by atoms with Gasteiger partial charge in [-0.1, -0.05) is 12.1 Å². The van der Waals surface area contributed by atoms with Crippen LogP contribution in [0.4, 0.5) is 5.69 Å². The van der Waals surface area contributed by atoms with Crippen molar-refractivity contribution in [2.24, 2.45) is 0 Å². The van der Waals surface area contributed by atoms with Crippen molar-refractivity contribution in [1.29, 1.82) is 0 Å². The molecule has 1 aliphatic heterocycles. The van der Waals surface area contributed by atoms with Crippen LogP contribution in [0.5, 0.6) is 11.5 Å². The van der Waals surface area contributed by atoms with Gasteiger partial charge in [-0.2, -0.15) is 5.10 Å². The van der Waals surface area contributed by atoms with Crippen LogP contribution in [0, 0.1) is 0 Å². The van der Waals surface area contributed by atoms with Gasteiger partial charge in [0.15, 0.2) is 11.5 Å². The predicted octanol–water partition coefficient (Wildman–Crippen LogP) is 2.80. The molecule has 4 rings (SSSR count). The summed E-state index contributed by atoms with van der Waals surface area (Å²) in [5.41, 5.74) is -0.150. The number of anilines is 1. The molecule has 0 saturated carbocycles. The summed E-state index contributed by atoms with van der Waals surface area (Å²) in [6.07, 6.45) is 0. The number of aromatic nitrogens is 2. The first kappa shape index (κ1) is 21.1. The lowest BCUT2D eigenvalue weighted by molar-refractivity contribution is -0.123. The number of methoxy groups -OCH3 is 1. The maximum Gasteiger partial charge on any atom is 0.339 e. The number of carbonyl (C=O) groups excluding carboxylic acids is 2. The third kappa shape index (κ3) is 3.80. The summed E-state index contributed by atoms with van der Waals surface area (Å²) in [5, 5.41) is 7.14. The maximum atomic E-state index is 13.2. The number of esters is 1. The molecule has 0 spiro atoms. The van der Waals surface area contributed by atoms with E-state index in [1.807, 2.05) is 0 Å². The molecular weight excluding hydrogens is 414 g/mol. The van der Waals surface area contributed by atoms with E-state index in [-0.39, 0.29) is 18.0 Å². The Morgan fingerprint density at radius 2 is 1.81 bits per heavy atom. The van der Waals surface area contributed by atoms with Crippen molar-refractivity contribution in [2.75, 3.05) is 19.2 Å². The molecule has 0 fully saturated rings. The molecule has 3 aromatic rings. The van der Waals surface area contributed by atoms with Crippen molar-refractivity contribution in [2.45, 2.75) is 19.4 Å². The second kappa shape index (κ2) is 8.18. The molecule has 0 bridgehead atoms. The summed E-state index contributed by atoms with van der Waals surface area (Å²) in [5.74, 6) is 0.106. The number of amides is 1. The van der Waals surface area contributed by atoms with Gasteiger partial charge in [-0.15, -0.1) is 0 Å². The molecule has 0 saturated heterocycles. The van der Waals surface area contributed by atoms with Crippen LogP contribution in [0.25, 0.3) is 11.3 Å². The summed E-state index contributed by atoms with van der Waals surface area (Å²) < 4.78 is 16.6. The first-order valence-electron chi connectivity index (χ1n) is 9.81. The summed E-state index contributed by atoms with van der Waals surface area (Å²) in [6.45, 7) is 3.29. The van der Waals surface area contributed by atoms with Gasteiger partial charge in [0, 0.05) is 11.6 Å². The molecular formula is C23H21N3O6. The lowest BCUT2D eigenvalue weighted by Gasteiger charge is -2.26. The summed E-state index contributed by atoms with van der Waals surface area (Å²) in [6, 6.07) is 14.7. The summed E-state index contributed by atoms with van der Waals surface area (Å²) in [7, 11) is 1.26. The maximum absolute atomic E-state index is 13.2. The van der Waals surface area contributed by atoms with Gasteiger partial charge in [-0.25, -0.2) is 9.48 Å². The van der Waals surface area contributed by atoms with E-state index in [4.69, 9.17) is 14.2 Å². The Morgan fingerprint density at radius 1 is 1.06 bits per heavy atom. The molecule has 1 aliphatic rings. The van der Waals surface area contributed by atoms with Crippen molar-refractivity contribution in [1.82, 2.24) is 9.78 Å². The van der Waals surface area contributed by atoms with Crippen LogP contribution < -0.4 is 20.3 Å². The van der Waals surface area contributed by atoms with Crippen LogP contribution in [0.15, 0.2) is 59.4 Å². The van der Waals surface area contributed by atoms with Crippen LogP contribution in [0.3, 0.4) is 0 Å². The predicted molar refractivity (Wildman–Crippen MR) is 116 cm³/mol. The Balaban J connectivity index is 1.67. The van der Waals surface area contributed by atoms with Crippen LogP contribution in [-0.4, -0.2) is 35.6 Å². The van der Waals surface area contributed by atoms with Crippen molar-refractivity contribution in [3.63, 3.8) is 0 Å². The second-order valence-electron chi connectivity index (χ2n) is 7.59. The van der Waals surface area contributed by atoms with Crippen LogP contribution in [0.2, 0.25) is 0 Å². The monoisotopic (exact) mass is 435 g/mol. The Bertz CT molecular complexity index is 1260. The molecule has 1 N–H and O–H groups in total. The molecule has 164 valence electrons. The minimum Gasteiger partial charge on any atom is -0.465 e. The smallest absolute Gasteiger partial charge is 0.339 e. The Morgan fingerprint density at radius 3 is 2.59 bits per heavy atom. The van der Waals surface area contributed by atoms with Gasteiger partial charge >= 0.3 is 5.97 Å². The Labute approximate surface area is 183 Å². The highest BCUT2D eigenvalue weighted by Crippen LogP contribution is 2.35. The summed E-state index contributed by atoms with van der Waals surface area (Å²) >= 11 is 0. The van der Waals surface area contributed by atoms with Crippen LogP contribution in [0.1, 0.15) is 24.2 Å². The minimum atomic E-state index is -1.37. The Hall–Kier alpha value is -4.14. The number of nitrogens with one attached hydrogen (secondary N) is 1. The van der Waals surface area contributed by atoms with E-state index in [0.29, 0.717) is 22.8 Å². The van der Waals surface area contributed by atoms with Crippen molar-refractivity contribution in [3.05, 3.63) is 70.5 Å². The number of hydrogen-bond acceptors (Lipinski definition) is 7. The topological polar surface area (TPSA) is 109 Å². The quantitative estimate of drug-likeness (QED) is 0.614. The zero-order valence-corrected chi connectivity index (χ0v) is 17.7. The number of hydrogen-bond donors (Lipinski definition) is 1. The van der Waals surface area contributed by atoms with Gasteiger partial charge in [0.1, 0.15) is 5.54 Å². The van der Waals surface area contributed by atoms with Gasteiger partial charge in [-0.3, -0.25) is 9.59 Å². The number of rotatable bonds is 5. The number of fused-ring (bicyclic) bond motifs is 1. The highest BCUT2D eigenvalue weighted by molar-refractivity contribution is 6.03. The number of benzene rings is 2. The average molecular weight is 435 g/mol. The third-order valence-corrected chi connectivity index (χ3v) is 5.13. The fourth-order valence-electron chi connectivity index (χ4n) is 3.27. The number of para-hydroxylation sites is 1. The fourth-order valence-corrected chi connectivity index (χ4v) is 3.27. The molecule has 2 aromatic carbocycles. The molecule has 0 radical (unpaired) electrons. The van der Waals surface area contributed by atoms with E-state index < -0.39 is 23.0 Å². The van der Waals surface area contributed by atoms with Crippen molar-refractivity contribution < 1.29 is 23.8 Å². The highest BCUT2D eigenvalue weighted by Gasteiger charge is 2.33. The third-order valence-electron chi connectivity index (χ3n) is 5.13. The molecule has 9 heteroatoms. The molecule has 32 heavy (non-hydrogen) atoms. The van der Waals surface area contributed by atoms with E-state index in [1.54, 1.807) is 62.4 Å². The molecule has 0 aliphatic carbocycles. The zero-order chi connectivity index (χ0) is 22.9. The van der Waals surface area contributed by atoms with E-state index in [9.17, 15) is 14.4 Å². The minimum absolute atomic E-state index is 0.145. The van der Waals surface area contributed by atoms with E-state index in [0.717, 1.165) is 4.68 Å². The molecule has 9 nitrogen and oxygen atoms in total. The molecule has 0 unspecified atom stereocenters. The van der Waals surface area contributed by atoms with Crippen molar-refractivity contribution in [3.8, 4) is 22.8 Å². The standard InChI is InChI=1S/C23H21N3O6/c1-23(2,22(29)24-17-7-5-4-6-15(17)21(28)30-3)26-20(27)11-9-16(25-26)14-8-10-18-19(12-14)32-13-31-18/h4-12H,13H2,1-3H3,(H,24,29). The van der Waals surface area contributed by atoms with Crippen LogP contribution in [-0.2, 0) is 15.1 Å². The van der Waals surface area contributed by atoms with Gasteiger partial charge in [-0.05, 0) is 50.2 Å². The SMILES string of the molecule is COC(=O)c1ccccc1NC(=O)C(C)(C)n1nc(-c2ccc3c(c2)OCO3)ccc1=O. The number of carbonyl (C=O) groups is 2. The van der Waals surface area contributed by atoms with E-state index >= 15 is 0 Å². The lowest BCUT2D eigenvalue weighted by Crippen LogP contribution is -2.47. The van der Waals surface area contributed by atoms with E-state index in [2.05, 4.69) is 10.4 Å². The van der Waals surface area contributed by atoms with E-state index in [1.165, 1.54) is 13.2 Å². The molecule has 2 heterocycles. The van der Waals surface area contributed by atoms with Gasteiger partial charge in [0.2, 0.25) is 6.79 Å². The zero-order valence-electron chi connectivity index (χ0n) is 17.7. The molecule has 1 aromatic heterocycles. The number of nitrogens with zero attached hydrogens (tertiary/aromatic N) is 2. The number of ether oxygens (including phenoxy) is 3. The lowest BCUT2D eigenvalue weighted by atomic mass is 10.0. The molecule has 1 amide bonds. The first-order chi connectivity index (χ1) is 15.3. The average Bonchev–Trinajstić information content (AvgIpc) is 3.27. The largest absolute Gasteiger partial charge is 0.465 e. The van der Waals surface area contributed by atoms with Gasteiger partial charge in [0.25, 0.3) is 11.5 Å².